The van der Waals surface area contributed by atoms with Gasteiger partial charge in [0.1, 0.15) is 0 Å². The molecule has 0 fully saturated rings. The van der Waals surface area contributed by atoms with Crippen LogP contribution in [0.2, 0.25) is 0 Å². The second-order valence-electron chi connectivity index (χ2n) is 4.92. The Balaban J connectivity index is 3.93. The van der Waals surface area contributed by atoms with Crippen molar-refractivity contribution in [3.63, 3.8) is 0 Å². The molecule has 3 N–H and O–H groups in total. The fraction of sp³-hybridized carbons (Fsp3) is 0.833. The molecule has 0 aliphatic heterocycles. The summed E-state index contributed by atoms with van der Waals surface area (Å²) in [7, 11) is -0.898. The Morgan fingerprint density at radius 2 is 1.79 bits per heavy atom. The highest BCUT2D eigenvalue weighted by Crippen LogP contribution is 2.09. The van der Waals surface area contributed by atoms with Gasteiger partial charge in [-0.1, -0.05) is 20.8 Å². The van der Waals surface area contributed by atoms with Gasteiger partial charge in [0, 0.05) is 35.4 Å². The quantitative estimate of drug-likeness (QED) is 0.616. The third kappa shape index (κ3) is 7.81. The minimum atomic E-state index is -0.912. The van der Waals surface area contributed by atoms with Gasteiger partial charge in [0.25, 0.3) is 0 Å². The molecule has 0 aromatic heterocycles. The first-order chi connectivity index (χ1) is 8.75. The Kier molecular flexibility index (Phi) is 8.38. The topological polar surface area (TPSA) is 95.5 Å². The fourth-order valence-corrected chi connectivity index (χ4v) is 1.88. The summed E-state index contributed by atoms with van der Waals surface area (Å²) in [6, 6.07) is -0.388. The summed E-state index contributed by atoms with van der Waals surface area (Å²) in [5, 5.41) is 14.2. The minimum Gasteiger partial charge on any atom is -0.481 e. The molecule has 3 unspecified atom stereocenters. The van der Waals surface area contributed by atoms with Gasteiger partial charge in [-0.3, -0.25) is 9.00 Å². The molecule has 0 saturated heterocycles. The highest BCUT2D eigenvalue weighted by molar-refractivity contribution is 7.84. The lowest BCUT2D eigenvalue weighted by Gasteiger charge is -2.17. The molecule has 3 atom stereocenters. The van der Waals surface area contributed by atoms with E-state index in [-0.39, 0.29) is 23.7 Å². The van der Waals surface area contributed by atoms with E-state index in [2.05, 4.69) is 10.6 Å². The second-order valence-corrected chi connectivity index (χ2v) is 6.73. The van der Waals surface area contributed by atoms with E-state index in [1.165, 1.54) is 0 Å². The van der Waals surface area contributed by atoms with E-state index in [1.807, 2.05) is 6.92 Å². The number of hydrogen-bond donors (Lipinski definition) is 3. The number of carbonyl (C=O) groups excluding carboxylic acids is 1. The maximum atomic E-state index is 11.5. The van der Waals surface area contributed by atoms with Crippen LogP contribution >= 0.6 is 0 Å². The van der Waals surface area contributed by atoms with Gasteiger partial charge in [-0.2, -0.15) is 0 Å². The van der Waals surface area contributed by atoms with Crippen molar-refractivity contribution in [1.29, 1.82) is 0 Å². The molecule has 0 aromatic rings. The first kappa shape index (κ1) is 17.9. The van der Waals surface area contributed by atoms with Gasteiger partial charge >= 0.3 is 12.0 Å². The maximum absolute atomic E-state index is 11.5. The monoisotopic (exact) mass is 292 g/mol. The highest BCUT2D eigenvalue weighted by Gasteiger charge is 2.21. The molecule has 6 nitrogen and oxygen atoms in total. The van der Waals surface area contributed by atoms with E-state index >= 15 is 0 Å². The molecule has 0 aromatic carbocycles. The number of carboxylic acids is 1. The smallest absolute Gasteiger partial charge is 0.314 e. The van der Waals surface area contributed by atoms with E-state index < -0.39 is 22.7 Å². The summed E-state index contributed by atoms with van der Waals surface area (Å²) in [6.07, 6.45) is 2.26. The van der Waals surface area contributed by atoms with Crippen LogP contribution in [0.4, 0.5) is 4.79 Å². The van der Waals surface area contributed by atoms with Crippen LogP contribution in [0.1, 0.15) is 27.2 Å². The Morgan fingerprint density at radius 1 is 1.21 bits per heavy atom. The van der Waals surface area contributed by atoms with E-state index in [1.54, 1.807) is 20.1 Å². The van der Waals surface area contributed by atoms with Crippen LogP contribution in [-0.4, -0.2) is 45.9 Å². The van der Waals surface area contributed by atoms with Crippen LogP contribution in [-0.2, 0) is 15.6 Å². The van der Waals surface area contributed by atoms with Crippen LogP contribution in [0.3, 0.4) is 0 Å². The molecule has 2 amide bonds. The second kappa shape index (κ2) is 8.90. The minimum absolute atomic E-state index is 0.0303. The molecule has 0 bridgehead atoms. The van der Waals surface area contributed by atoms with Gasteiger partial charge in [0.15, 0.2) is 0 Å². The Bertz CT molecular complexity index is 334. The van der Waals surface area contributed by atoms with Crippen molar-refractivity contribution < 1.29 is 18.9 Å². The van der Waals surface area contributed by atoms with E-state index in [4.69, 9.17) is 5.11 Å². The maximum Gasteiger partial charge on any atom is 0.314 e. The molecule has 0 radical (unpaired) electrons. The Labute approximate surface area is 116 Å². The van der Waals surface area contributed by atoms with Gasteiger partial charge in [-0.15, -0.1) is 0 Å². The molecule has 0 rings (SSSR count). The summed E-state index contributed by atoms with van der Waals surface area (Å²) in [4.78, 5) is 22.4. The molecule has 19 heavy (non-hydrogen) atoms. The molecule has 0 aliphatic rings. The van der Waals surface area contributed by atoms with E-state index in [0.29, 0.717) is 13.0 Å². The lowest BCUT2D eigenvalue weighted by atomic mass is 9.96. The van der Waals surface area contributed by atoms with Crippen molar-refractivity contribution in [2.24, 2.45) is 11.8 Å². The Hall–Kier alpha value is -1.11. The summed E-state index contributed by atoms with van der Waals surface area (Å²) in [5.74, 6) is -1.54. The van der Waals surface area contributed by atoms with Gasteiger partial charge < -0.3 is 15.7 Å². The average molecular weight is 292 g/mol. The number of hydrogen-bond acceptors (Lipinski definition) is 3. The summed E-state index contributed by atoms with van der Waals surface area (Å²) in [5.41, 5.74) is 0. The van der Waals surface area contributed by atoms with Crippen LogP contribution in [0.25, 0.3) is 0 Å². The lowest BCUT2D eigenvalue weighted by Crippen LogP contribution is -2.42. The predicted octanol–water partition coefficient (Wildman–Crippen LogP) is 0.800. The lowest BCUT2D eigenvalue weighted by molar-refractivity contribution is -0.142. The molecule has 112 valence electrons. The SMILES string of the molecule is CC(C)C(CNC(=O)NCCC(C)S(C)=O)C(=O)O. The number of urea groups is 1. The Morgan fingerprint density at radius 3 is 2.21 bits per heavy atom. The molecule has 0 saturated carbocycles. The number of carboxylic acid groups (broad SMARTS) is 1. The molecular formula is C12H24N2O4S. The summed E-state index contributed by atoms with van der Waals surface area (Å²) < 4.78 is 11.1. The average Bonchev–Trinajstić information content (AvgIpc) is 2.27. The normalized spacial score (nSPS) is 15.6. The van der Waals surface area contributed by atoms with Gasteiger partial charge in [-0.25, -0.2) is 4.79 Å². The zero-order valence-corrected chi connectivity index (χ0v) is 12.8. The van der Waals surface area contributed by atoms with Crippen LogP contribution in [0.5, 0.6) is 0 Å². The molecule has 7 heteroatoms. The summed E-state index contributed by atoms with van der Waals surface area (Å²) >= 11 is 0. The van der Waals surface area contributed by atoms with Gasteiger partial charge in [0.2, 0.25) is 0 Å². The molecule has 0 spiro atoms. The van der Waals surface area contributed by atoms with Crippen molar-refractivity contribution in [2.75, 3.05) is 19.3 Å². The highest BCUT2D eigenvalue weighted by atomic mass is 32.2. The fourth-order valence-electron chi connectivity index (χ4n) is 1.43. The van der Waals surface area contributed by atoms with Crippen molar-refractivity contribution in [2.45, 2.75) is 32.4 Å². The van der Waals surface area contributed by atoms with Gasteiger partial charge in [0.05, 0.1) is 5.92 Å². The molecular weight excluding hydrogens is 268 g/mol. The predicted molar refractivity (Wildman–Crippen MR) is 75.5 cm³/mol. The molecule has 0 heterocycles. The van der Waals surface area contributed by atoms with Crippen LogP contribution in [0.15, 0.2) is 0 Å². The zero-order valence-electron chi connectivity index (χ0n) is 11.9. The largest absolute Gasteiger partial charge is 0.481 e. The summed E-state index contributed by atoms with van der Waals surface area (Å²) in [6.45, 7) is 5.99. The van der Waals surface area contributed by atoms with E-state index in [9.17, 15) is 13.8 Å². The van der Waals surface area contributed by atoms with Crippen molar-refractivity contribution in [3.8, 4) is 0 Å². The first-order valence-corrected chi connectivity index (χ1v) is 7.94. The van der Waals surface area contributed by atoms with Crippen molar-refractivity contribution in [3.05, 3.63) is 0 Å². The third-order valence-corrected chi connectivity index (χ3v) is 4.38. The number of amides is 2. The van der Waals surface area contributed by atoms with Gasteiger partial charge in [-0.05, 0) is 12.3 Å². The number of carbonyl (C=O) groups is 2. The van der Waals surface area contributed by atoms with Crippen molar-refractivity contribution >= 4 is 22.8 Å². The number of rotatable bonds is 8. The zero-order chi connectivity index (χ0) is 15.0. The first-order valence-electron chi connectivity index (χ1n) is 6.32. The third-order valence-electron chi connectivity index (χ3n) is 3.01. The van der Waals surface area contributed by atoms with Crippen LogP contribution < -0.4 is 10.6 Å². The van der Waals surface area contributed by atoms with Crippen molar-refractivity contribution in [1.82, 2.24) is 10.6 Å². The number of nitrogens with one attached hydrogen (secondary N) is 2. The van der Waals surface area contributed by atoms with Crippen LogP contribution in [0, 0.1) is 11.8 Å². The number of aliphatic carboxylic acids is 1. The van der Waals surface area contributed by atoms with E-state index in [0.717, 1.165) is 0 Å². The standard InChI is InChI=1S/C12H24N2O4S/c1-8(2)10(11(15)16)7-14-12(17)13-6-5-9(3)19(4)18/h8-10H,5-7H2,1-4H3,(H,15,16)(H2,13,14,17). The molecule has 0 aliphatic carbocycles.